The molecule has 1 aromatic carbocycles. The number of amides is 1. The minimum Gasteiger partial charge on any atom is -0.336 e. The molecule has 1 fully saturated rings. The Labute approximate surface area is 144 Å². The molecule has 0 radical (unpaired) electrons. The van der Waals surface area contributed by atoms with Gasteiger partial charge in [0.05, 0.1) is 6.04 Å². The van der Waals surface area contributed by atoms with Gasteiger partial charge in [0.2, 0.25) is 0 Å². The van der Waals surface area contributed by atoms with Crippen LogP contribution in [-0.2, 0) is 0 Å². The summed E-state index contributed by atoms with van der Waals surface area (Å²) in [5.74, 6) is 0.959. The number of hydrogen-bond donors (Lipinski definition) is 0. The lowest BCUT2D eigenvalue weighted by Gasteiger charge is -2.18. The van der Waals surface area contributed by atoms with Crippen molar-refractivity contribution in [3.05, 3.63) is 59.0 Å². The molecule has 0 N–H and O–H groups in total. The van der Waals surface area contributed by atoms with Crippen molar-refractivity contribution >= 4 is 28.7 Å². The average Bonchev–Trinajstić information content (AvgIpc) is 3.17. The van der Waals surface area contributed by atoms with Gasteiger partial charge in [0.25, 0.3) is 5.91 Å². The average molecular weight is 341 g/mol. The highest BCUT2D eigenvalue weighted by molar-refractivity contribution is 6.30. The Balaban J connectivity index is 1.60. The lowest BCUT2D eigenvalue weighted by molar-refractivity contribution is 0.0787. The van der Waals surface area contributed by atoms with Gasteiger partial charge in [0.1, 0.15) is 11.3 Å². The predicted molar refractivity (Wildman–Crippen MR) is 93.3 cm³/mol. The maximum Gasteiger partial charge on any atom is 0.253 e. The molecule has 5 nitrogen and oxygen atoms in total. The van der Waals surface area contributed by atoms with Crippen molar-refractivity contribution < 1.29 is 4.79 Å². The molecule has 1 aliphatic heterocycles. The number of rotatable bonds is 2. The highest BCUT2D eigenvalue weighted by atomic mass is 35.5. The van der Waals surface area contributed by atoms with E-state index in [-0.39, 0.29) is 11.9 Å². The van der Waals surface area contributed by atoms with E-state index in [4.69, 9.17) is 11.6 Å². The molecule has 0 aliphatic carbocycles. The second kappa shape index (κ2) is 5.91. The van der Waals surface area contributed by atoms with Crippen molar-refractivity contribution in [2.75, 3.05) is 13.1 Å². The molecule has 1 aliphatic rings. The summed E-state index contributed by atoms with van der Waals surface area (Å²) in [7, 11) is 0. The topological polar surface area (TPSA) is 51.0 Å². The van der Waals surface area contributed by atoms with E-state index < -0.39 is 0 Å². The fraction of sp³-hybridized carbons (Fsp3) is 0.278. The minimum atomic E-state index is 0.0232. The van der Waals surface area contributed by atoms with Crippen LogP contribution in [0.15, 0.2) is 42.6 Å². The summed E-state index contributed by atoms with van der Waals surface area (Å²) in [4.78, 5) is 23.6. The van der Waals surface area contributed by atoms with Crippen molar-refractivity contribution in [3.8, 4) is 0 Å². The number of aryl methyl sites for hydroxylation is 1. The van der Waals surface area contributed by atoms with Crippen LogP contribution < -0.4 is 0 Å². The molecule has 1 unspecified atom stereocenters. The van der Waals surface area contributed by atoms with Crippen LogP contribution in [0.2, 0.25) is 5.02 Å². The molecule has 6 heteroatoms. The molecule has 2 aromatic heterocycles. The Kier molecular flexibility index (Phi) is 3.73. The Bertz CT molecular complexity index is 920. The van der Waals surface area contributed by atoms with Crippen LogP contribution >= 0.6 is 11.6 Å². The van der Waals surface area contributed by atoms with Crippen LogP contribution in [0.5, 0.6) is 0 Å². The van der Waals surface area contributed by atoms with Gasteiger partial charge in [-0.3, -0.25) is 4.79 Å². The highest BCUT2D eigenvalue weighted by Crippen LogP contribution is 2.28. The molecule has 1 atom stereocenters. The summed E-state index contributed by atoms with van der Waals surface area (Å²) in [5, 5.41) is 0.581. The van der Waals surface area contributed by atoms with Gasteiger partial charge >= 0.3 is 0 Å². The predicted octanol–water partition coefficient (Wildman–Crippen LogP) is 3.48. The lowest BCUT2D eigenvalue weighted by Crippen LogP contribution is -2.29. The first-order chi connectivity index (χ1) is 11.6. The first kappa shape index (κ1) is 15.1. The van der Waals surface area contributed by atoms with Gasteiger partial charge in [-0.1, -0.05) is 17.7 Å². The zero-order valence-corrected chi connectivity index (χ0v) is 14.1. The molecule has 0 saturated carbocycles. The van der Waals surface area contributed by atoms with Crippen molar-refractivity contribution in [2.24, 2.45) is 0 Å². The number of pyridine rings is 1. The standard InChI is InChI=1S/C18H17ClN4O/c1-12-21-16-6-3-8-20-17(16)23(12)15-7-9-22(11-15)18(24)13-4-2-5-14(19)10-13/h2-6,8,10,15H,7,9,11H2,1H3. The summed E-state index contributed by atoms with van der Waals surface area (Å²) in [6.07, 6.45) is 2.68. The Morgan fingerprint density at radius 3 is 3.00 bits per heavy atom. The highest BCUT2D eigenvalue weighted by Gasteiger charge is 2.30. The zero-order chi connectivity index (χ0) is 16.7. The van der Waals surface area contributed by atoms with Crippen molar-refractivity contribution in [1.29, 1.82) is 0 Å². The summed E-state index contributed by atoms with van der Waals surface area (Å²) in [6, 6.07) is 11.2. The number of halogens is 1. The number of fused-ring (bicyclic) bond motifs is 1. The van der Waals surface area contributed by atoms with Gasteiger partial charge in [-0.15, -0.1) is 0 Å². The fourth-order valence-electron chi connectivity index (χ4n) is 3.42. The van der Waals surface area contributed by atoms with Crippen molar-refractivity contribution in [2.45, 2.75) is 19.4 Å². The van der Waals surface area contributed by atoms with E-state index in [2.05, 4.69) is 14.5 Å². The summed E-state index contributed by atoms with van der Waals surface area (Å²) in [5.41, 5.74) is 2.42. The van der Waals surface area contributed by atoms with Crippen LogP contribution in [0.4, 0.5) is 0 Å². The molecule has 3 heterocycles. The summed E-state index contributed by atoms with van der Waals surface area (Å²) >= 11 is 6.00. The maximum atomic E-state index is 12.7. The fourth-order valence-corrected chi connectivity index (χ4v) is 3.61. The SMILES string of the molecule is Cc1nc2cccnc2n1C1CCN(C(=O)c2cccc(Cl)c2)C1. The molecule has 3 aromatic rings. The van der Waals surface area contributed by atoms with Gasteiger partial charge in [0, 0.05) is 29.9 Å². The molecule has 0 bridgehead atoms. The molecule has 4 rings (SSSR count). The van der Waals surface area contributed by atoms with E-state index in [9.17, 15) is 4.79 Å². The van der Waals surface area contributed by atoms with Gasteiger partial charge in [-0.25, -0.2) is 9.97 Å². The molecule has 1 amide bonds. The van der Waals surface area contributed by atoms with Crippen LogP contribution in [0.25, 0.3) is 11.2 Å². The zero-order valence-electron chi connectivity index (χ0n) is 13.3. The quantitative estimate of drug-likeness (QED) is 0.717. The molecular formula is C18H17ClN4O. The van der Waals surface area contributed by atoms with E-state index in [1.807, 2.05) is 24.0 Å². The molecular weight excluding hydrogens is 324 g/mol. The van der Waals surface area contributed by atoms with E-state index >= 15 is 0 Å². The summed E-state index contributed by atoms with van der Waals surface area (Å²) in [6.45, 7) is 3.37. The second-order valence-corrected chi connectivity index (χ2v) is 6.52. The third-order valence-corrected chi connectivity index (χ3v) is 4.75. The van der Waals surface area contributed by atoms with Crippen LogP contribution in [0.3, 0.4) is 0 Å². The molecule has 122 valence electrons. The molecule has 24 heavy (non-hydrogen) atoms. The maximum absolute atomic E-state index is 12.7. The van der Waals surface area contributed by atoms with Gasteiger partial charge in [0.15, 0.2) is 5.65 Å². The van der Waals surface area contributed by atoms with Crippen molar-refractivity contribution in [1.82, 2.24) is 19.4 Å². The smallest absolute Gasteiger partial charge is 0.253 e. The second-order valence-electron chi connectivity index (χ2n) is 6.08. The summed E-state index contributed by atoms with van der Waals surface area (Å²) < 4.78 is 2.15. The van der Waals surface area contributed by atoms with E-state index in [1.54, 1.807) is 30.5 Å². The largest absolute Gasteiger partial charge is 0.336 e. The Morgan fingerprint density at radius 1 is 1.29 bits per heavy atom. The number of nitrogens with zero attached hydrogens (tertiary/aromatic N) is 4. The normalized spacial score (nSPS) is 17.6. The number of imidazole rings is 1. The number of likely N-dealkylation sites (tertiary alicyclic amines) is 1. The Morgan fingerprint density at radius 2 is 2.17 bits per heavy atom. The minimum absolute atomic E-state index is 0.0232. The van der Waals surface area contributed by atoms with Crippen LogP contribution in [0, 0.1) is 6.92 Å². The number of aromatic nitrogens is 3. The van der Waals surface area contributed by atoms with Gasteiger partial charge in [-0.2, -0.15) is 0 Å². The van der Waals surface area contributed by atoms with Gasteiger partial charge < -0.3 is 9.47 Å². The number of hydrogen-bond acceptors (Lipinski definition) is 3. The number of carbonyl (C=O) groups excluding carboxylic acids is 1. The van der Waals surface area contributed by atoms with E-state index in [1.165, 1.54) is 0 Å². The molecule has 0 spiro atoms. The molecule has 1 saturated heterocycles. The lowest BCUT2D eigenvalue weighted by atomic mass is 10.2. The van der Waals surface area contributed by atoms with Crippen molar-refractivity contribution in [3.63, 3.8) is 0 Å². The first-order valence-corrected chi connectivity index (χ1v) is 8.35. The van der Waals surface area contributed by atoms with Gasteiger partial charge in [-0.05, 0) is 43.7 Å². The van der Waals surface area contributed by atoms with Crippen LogP contribution in [-0.4, -0.2) is 38.4 Å². The Hall–Kier alpha value is -2.40. The van der Waals surface area contributed by atoms with E-state index in [0.717, 1.165) is 30.0 Å². The number of carbonyl (C=O) groups is 1. The third kappa shape index (κ3) is 2.55. The third-order valence-electron chi connectivity index (χ3n) is 4.51. The van der Waals surface area contributed by atoms with Crippen LogP contribution in [0.1, 0.15) is 28.6 Å². The monoisotopic (exact) mass is 340 g/mol. The number of benzene rings is 1. The van der Waals surface area contributed by atoms with E-state index in [0.29, 0.717) is 17.1 Å². The first-order valence-electron chi connectivity index (χ1n) is 7.98.